The average Bonchev–Trinajstić information content (AvgIpc) is 2.25. The van der Waals surface area contributed by atoms with Crippen molar-refractivity contribution >= 4 is 5.97 Å². The first-order valence-electron chi connectivity index (χ1n) is 5.38. The Balaban J connectivity index is 2.23. The summed E-state index contributed by atoms with van der Waals surface area (Å²) in [6.45, 7) is 2.94. The van der Waals surface area contributed by atoms with Gasteiger partial charge in [0.05, 0.1) is 6.42 Å². The molecule has 2 rings (SSSR count). The van der Waals surface area contributed by atoms with Crippen molar-refractivity contribution < 1.29 is 14.3 Å². The number of esters is 1. The maximum absolute atomic E-state index is 11.3. The van der Waals surface area contributed by atoms with Crippen LogP contribution in [0.3, 0.4) is 0 Å². The van der Waals surface area contributed by atoms with Crippen LogP contribution in [0.4, 0.5) is 0 Å². The van der Waals surface area contributed by atoms with E-state index in [4.69, 9.17) is 15.2 Å². The van der Waals surface area contributed by atoms with Gasteiger partial charge in [0.15, 0.2) is 0 Å². The molecule has 1 aromatic rings. The lowest BCUT2D eigenvalue weighted by Gasteiger charge is -2.21. The summed E-state index contributed by atoms with van der Waals surface area (Å²) in [6.07, 6.45) is 0.440. The molecule has 1 aliphatic heterocycles. The number of hydrogen-bond donors (Lipinski definition) is 1. The molecule has 0 saturated heterocycles. The van der Waals surface area contributed by atoms with Crippen molar-refractivity contribution in [2.45, 2.75) is 19.3 Å². The van der Waals surface area contributed by atoms with Gasteiger partial charge in [-0.2, -0.15) is 0 Å². The highest BCUT2D eigenvalue weighted by atomic mass is 16.5. The van der Waals surface area contributed by atoms with Gasteiger partial charge in [-0.1, -0.05) is 13.0 Å². The fourth-order valence-corrected chi connectivity index (χ4v) is 1.80. The van der Waals surface area contributed by atoms with Gasteiger partial charge >= 0.3 is 5.97 Å². The first-order valence-corrected chi connectivity index (χ1v) is 5.38. The monoisotopic (exact) mass is 221 g/mol. The van der Waals surface area contributed by atoms with Crippen molar-refractivity contribution in [2.24, 2.45) is 5.73 Å². The minimum absolute atomic E-state index is 0.184. The van der Waals surface area contributed by atoms with Crippen LogP contribution in [0.15, 0.2) is 18.2 Å². The first kappa shape index (κ1) is 11.0. The summed E-state index contributed by atoms with van der Waals surface area (Å²) in [6, 6.07) is 5.57. The van der Waals surface area contributed by atoms with Gasteiger partial charge in [-0.05, 0) is 17.5 Å². The minimum atomic E-state index is -0.184. The first-order chi connectivity index (χ1) is 7.70. The van der Waals surface area contributed by atoms with Crippen molar-refractivity contribution in [1.82, 2.24) is 0 Å². The van der Waals surface area contributed by atoms with E-state index in [1.807, 2.05) is 19.1 Å². The van der Waals surface area contributed by atoms with Crippen molar-refractivity contribution in [1.29, 1.82) is 0 Å². The number of carbonyl (C=O) groups excluding carboxylic acids is 1. The lowest BCUT2D eigenvalue weighted by molar-refractivity contribution is -0.135. The third kappa shape index (κ3) is 2.17. The van der Waals surface area contributed by atoms with E-state index in [1.54, 1.807) is 6.07 Å². The number of carbonyl (C=O) groups is 1. The van der Waals surface area contributed by atoms with Crippen LogP contribution in [0.5, 0.6) is 11.5 Å². The van der Waals surface area contributed by atoms with E-state index < -0.39 is 0 Å². The summed E-state index contributed by atoms with van der Waals surface area (Å²) in [5.74, 6) is 1.32. The van der Waals surface area contributed by atoms with Crippen LogP contribution in [0.25, 0.3) is 0 Å². The standard InChI is InChI=1S/C12H15NO3/c1-8-6-12(14)16-11-7-9(15-5-4-13)2-3-10(8)11/h2-3,7-8H,4-6,13H2,1H3. The van der Waals surface area contributed by atoms with E-state index in [-0.39, 0.29) is 11.9 Å². The topological polar surface area (TPSA) is 61.5 Å². The number of fused-ring (bicyclic) bond motifs is 1. The van der Waals surface area contributed by atoms with Crippen LogP contribution in [-0.4, -0.2) is 19.1 Å². The molecule has 86 valence electrons. The molecule has 0 radical (unpaired) electrons. The van der Waals surface area contributed by atoms with Crippen molar-refractivity contribution in [3.8, 4) is 11.5 Å². The number of benzene rings is 1. The molecule has 1 atom stereocenters. The molecule has 1 aliphatic rings. The maximum atomic E-state index is 11.3. The lowest BCUT2D eigenvalue weighted by Crippen LogP contribution is -2.18. The van der Waals surface area contributed by atoms with Crippen molar-refractivity contribution in [3.63, 3.8) is 0 Å². The van der Waals surface area contributed by atoms with Gasteiger partial charge in [0.2, 0.25) is 0 Å². The normalized spacial score (nSPS) is 18.9. The molecular weight excluding hydrogens is 206 g/mol. The molecule has 0 amide bonds. The Morgan fingerprint density at radius 3 is 3.12 bits per heavy atom. The zero-order valence-electron chi connectivity index (χ0n) is 9.23. The summed E-state index contributed by atoms with van der Waals surface area (Å²) in [4.78, 5) is 11.3. The highest BCUT2D eigenvalue weighted by Crippen LogP contribution is 2.36. The largest absolute Gasteiger partial charge is 0.492 e. The van der Waals surface area contributed by atoms with Crippen LogP contribution in [-0.2, 0) is 4.79 Å². The van der Waals surface area contributed by atoms with Gasteiger partial charge in [-0.25, -0.2) is 0 Å². The van der Waals surface area contributed by atoms with Gasteiger partial charge in [-0.15, -0.1) is 0 Å². The van der Waals surface area contributed by atoms with Crippen LogP contribution < -0.4 is 15.2 Å². The molecule has 2 N–H and O–H groups in total. The Labute approximate surface area is 94.3 Å². The van der Waals surface area contributed by atoms with Crippen LogP contribution in [0.1, 0.15) is 24.8 Å². The second-order valence-electron chi connectivity index (χ2n) is 3.92. The molecule has 0 saturated carbocycles. The molecule has 0 fully saturated rings. The SMILES string of the molecule is CC1CC(=O)Oc2cc(OCCN)ccc21. The fraction of sp³-hybridized carbons (Fsp3) is 0.417. The van der Waals surface area contributed by atoms with Crippen molar-refractivity contribution in [3.05, 3.63) is 23.8 Å². The second kappa shape index (κ2) is 4.53. The predicted octanol–water partition coefficient (Wildman–Crippen LogP) is 1.44. The molecule has 1 heterocycles. The van der Waals surface area contributed by atoms with E-state index >= 15 is 0 Å². The predicted molar refractivity (Wildman–Crippen MR) is 59.7 cm³/mol. The van der Waals surface area contributed by atoms with E-state index in [0.29, 0.717) is 31.1 Å². The highest BCUT2D eigenvalue weighted by molar-refractivity contribution is 5.76. The number of rotatable bonds is 3. The molecule has 4 nitrogen and oxygen atoms in total. The fourth-order valence-electron chi connectivity index (χ4n) is 1.80. The van der Waals surface area contributed by atoms with Gasteiger partial charge < -0.3 is 15.2 Å². The molecular formula is C12H15NO3. The maximum Gasteiger partial charge on any atom is 0.311 e. The molecule has 0 spiro atoms. The van der Waals surface area contributed by atoms with E-state index in [0.717, 1.165) is 5.56 Å². The summed E-state index contributed by atoms with van der Waals surface area (Å²) in [7, 11) is 0. The van der Waals surface area contributed by atoms with Crippen LogP contribution in [0.2, 0.25) is 0 Å². The molecule has 0 aliphatic carbocycles. The van der Waals surface area contributed by atoms with Crippen molar-refractivity contribution in [2.75, 3.05) is 13.2 Å². The smallest absolute Gasteiger partial charge is 0.311 e. The van der Waals surface area contributed by atoms with Gasteiger partial charge in [0.1, 0.15) is 18.1 Å². The Hall–Kier alpha value is -1.55. The third-order valence-electron chi connectivity index (χ3n) is 2.60. The average molecular weight is 221 g/mol. The highest BCUT2D eigenvalue weighted by Gasteiger charge is 2.23. The van der Waals surface area contributed by atoms with Crippen LogP contribution in [0, 0.1) is 0 Å². The lowest BCUT2D eigenvalue weighted by atomic mass is 9.95. The quantitative estimate of drug-likeness (QED) is 0.619. The Morgan fingerprint density at radius 2 is 2.38 bits per heavy atom. The van der Waals surface area contributed by atoms with Gasteiger partial charge in [0.25, 0.3) is 0 Å². The second-order valence-corrected chi connectivity index (χ2v) is 3.92. The minimum Gasteiger partial charge on any atom is -0.492 e. The van der Waals surface area contributed by atoms with Crippen LogP contribution >= 0.6 is 0 Å². The Kier molecular flexibility index (Phi) is 3.10. The Morgan fingerprint density at radius 1 is 1.56 bits per heavy atom. The summed E-state index contributed by atoms with van der Waals surface area (Å²) in [5.41, 5.74) is 6.40. The zero-order chi connectivity index (χ0) is 11.5. The third-order valence-corrected chi connectivity index (χ3v) is 2.60. The van der Waals surface area contributed by atoms with E-state index in [9.17, 15) is 4.79 Å². The van der Waals surface area contributed by atoms with Gasteiger partial charge in [0, 0.05) is 12.6 Å². The van der Waals surface area contributed by atoms with Gasteiger partial charge in [-0.3, -0.25) is 4.79 Å². The zero-order valence-corrected chi connectivity index (χ0v) is 9.23. The molecule has 0 bridgehead atoms. The number of hydrogen-bond acceptors (Lipinski definition) is 4. The molecule has 4 heteroatoms. The molecule has 0 aromatic heterocycles. The summed E-state index contributed by atoms with van der Waals surface area (Å²) < 4.78 is 10.5. The number of ether oxygens (including phenoxy) is 2. The molecule has 1 unspecified atom stereocenters. The summed E-state index contributed by atoms with van der Waals surface area (Å²) >= 11 is 0. The van der Waals surface area contributed by atoms with E-state index in [1.165, 1.54) is 0 Å². The summed E-state index contributed by atoms with van der Waals surface area (Å²) in [5, 5.41) is 0. The Bertz CT molecular complexity index is 403. The number of nitrogens with two attached hydrogens (primary N) is 1. The van der Waals surface area contributed by atoms with E-state index in [2.05, 4.69) is 0 Å². The molecule has 1 aromatic carbocycles. The molecule has 16 heavy (non-hydrogen) atoms.